The Hall–Kier alpha value is -2.61. The van der Waals surface area contributed by atoms with Crippen LogP contribution in [-0.4, -0.2) is 10.9 Å². The number of nitrogens with one attached hydrogen (secondary N) is 1. The molecule has 1 aromatic carbocycles. The van der Waals surface area contributed by atoms with Gasteiger partial charge in [-0.15, -0.1) is 0 Å². The van der Waals surface area contributed by atoms with Crippen molar-refractivity contribution in [1.82, 2.24) is 4.98 Å². The molecule has 0 aliphatic heterocycles. The Morgan fingerprint density at radius 1 is 1.41 bits per heavy atom. The number of benzene rings is 1. The number of amides is 1. The topological polar surface area (TPSA) is 78.9 Å². The fourth-order valence-corrected chi connectivity index (χ4v) is 1.34. The molecule has 0 aliphatic rings. The highest BCUT2D eigenvalue weighted by Crippen LogP contribution is 2.19. The van der Waals surface area contributed by atoms with Crippen molar-refractivity contribution in [1.29, 1.82) is 5.26 Å². The third kappa shape index (κ3) is 2.69. The van der Waals surface area contributed by atoms with Crippen LogP contribution in [0.1, 0.15) is 6.42 Å². The molecule has 17 heavy (non-hydrogen) atoms. The van der Waals surface area contributed by atoms with Gasteiger partial charge in [-0.25, -0.2) is 4.98 Å². The highest BCUT2D eigenvalue weighted by Gasteiger charge is 2.04. The van der Waals surface area contributed by atoms with E-state index in [9.17, 15) is 4.79 Å². The molecule has 1 amide bonds. The Balaban J connectivity index is 2.09. The minimum absolute atomic E-state index is 0.151. The van der Waals surface area contributed by atoms with Gasteiger partial charge in [0, 0.05) is 11.3 Å². The van der Waals surface area contributed by atoms with Crippen LogP contribution < -0.4 is 5.32 Å². The molecule has 1 heterocycles. The second-order valence-corrected chi connectivity index (χ2v) is 3.30. The number of oxazole rings is 1. The molecular formula is C12H9N3O2. The van der Waals surface area contributed by atoms with Crippen LogP contribution in [0, 0.1) is 11.3 Å². The third-order valence-corrected chi connectivity index (χ3v) is 2.09. The lowest BCUT2D eigenvalue weighted by molar-refractivity contribution is -0.115. The lowest BCUT2D eigenvalue weighted by Crippen LogP contribution is -2.09. The standard InChI is InChI=1S/C12H9N3O2/c13-6-5-11(16)15-10-3-1-9(2-4-10)12-14-7-8-17-12/h1-4,7-8H,5H2,(H,15,16). The summed E-state index contributed by atoms with van der Waals surface area (Å²) >= 11 is 0. The lowest BCUT2D eigenvalue weighted by Gasteiger charge is -2.02. The Morgan fingerprint density at radius 3 is 2.76 bits per heavy atom. The van der Waals surface area contributed by atoms with Crippen molar-refractivity contribution in [2.75, 3.05) is 5.32 Å². The molecule has 2 aromatic rings. The van der Waals surface area contributed by atoms with Crippen molar-refractivity contribution in [2.24, 2.45) is 0 Å². The van der Waals surface area contributed by atoms with Gasteiger partial charge in [0.2, 0.25) is 11.8 Å². The summed E-state index contributed by atoms with van der Waals surface area (Å²) in [6.45, 7) is 0. The van der Waals surface area contributed by atoms with Crippen LogP contribution in [0.5, 0.6) is 0 Å². The number of carbonyl (C=O) groups excluding carboxylic acids is 1. The van der Waals surface area contributed by atoms with E-state index in [2.05, 4.69) is 10.3 Å². The first-order chi connectivity index (χ1) is 8.29. The average Bonchev–Trinajstić information content (AvgIpc) is 2.84. The fourth-order valence-electron chi connectivity index (χ4n) is 1.34. The van der Waals surface area contributed by atoms with Crippen molar-refractivity contribution < 1.29 is 9.21 Å². The van der Waals surface area contributed by atoms with Gasteiger partial charge >= 0.3 is 0 Å². The first kappa shape index (κ1) is 10.9. The molecule has 0 aliphatic carbocycles. The van der Waals surface area contributed by atoms with Gasteiger partial charge in [0.05, 0.1) is 12.3 Å². The summed E-state index contributed by atoms with van der Waals surface area (Å²) in [6.07, 6.45) is 2.91. The van der Waals surface area contributed by atoms with E-state index in [0.29, 0.717) is 11.6 Å². The molecule has 2 rings (SSSR count). The summed E-state index contributed by atoms with van der Waals surface area (Å²) in [5, 5.41) is 11.0. The van der Waals surface area contributed by atoms with Crippen LogP contribution in [0.25, 0.3) is 11.5 Å². The number of rotatable bonds is 3. The van der Waals surface area contributed by atoms with E-state index in [4.69, 9.17) is 9.68 Å². The summed E-state index contributed by atoms with van der Waals surface area (Å²) < 4.78 is 5.14. The molecule has 0 saturated heterocycles. The Morgan fingerprint density at radius 2 is 2.18 bits per heavy atom. The van der Waals surface area contributed by atoms with E-state index in [1.807, 2.05) is 0 Å². The van der Waals surface area contributed by atoms with Crippen LogP contribution in [0.3, 0.4) is 0 Å². The lowest BCUT2D eigenvalue weighted by atomic mass is 10.2. The first-order valence-corrected chi connectivity index (χ1v) is 4.96. The summed E-state index contributed by atoms with van der Waals surface area (Å²) in [5.74, 6) is 0.205. The third-order valence-electron chi connectivity index (χ3n) is 2.09. The van der Waals surface area contributed by atoms with Crippen LogP contribution >= 0.6 is 0 Å². The maximum atomic E-state index is 11.2. The molecular weight excluding hydrogens is 218 g/mol. The predicted octanol–water partition coefficient (Wildman–Crippen LogP) is 2.19. The van der Waals surface area contributed by atoms with E-state index >= 15 is 0 Å². The molecule has 1 aromatic heterocycles. The largest absolute Gasteiger partial charge is 0.445 e. The number of nitrogens with zero attached hydrogens (tertiary/aromatic N) is 2. The number of hydrogen-bond donors (Lipinski definition) is 1. The van der Waals surface area contributed by atoms with E-state index < -0.39 is 0 Å². The molecule has 84 valence electrons. The second-order valence-electron chi connectivity index (χ2n) is 3.30. The number of aromatic nitrogens is 1. The minimum atomic E-state index is -0.323. The summed E-state index contributed by atoms with van der Waals surface area (Å²) in [5.41, 5.74) is 1.47. The van der Waals surface area contributed by atoms with Gasteiger partial charge in [0.15, 0.2) is 0 Å². The van der Waals surface area contributed by atoms with Gasteiger partial charge in [-0.2, -0.15) is 5.26 Å². The van der Waals surface area contributed by atoms with E-state index in [1.54, 1.807) is 36.5 Å². The highest BCUT2D eigenvalue weighted by molar-refractivity contribution is 5.92. The van der Waals surface area contributed by atoms with Crippen LogP contribution in [0.2, 0.25) is 0 Å². The average molecular weight is 227 g/mol. The van der Waals surface area contributed by atoms with Crippen molar-refractivity contribution in [3.8, 4) is 17.5 Å². The highest BCUT2D eigenvalue weighted by atomic mass is 16.3. The van der Waals surface area contributed by atoms with Gasteiger partial charge in [-0.05, 0) is 24.3 Å². The van der Waals surface area contributed by atoms with Gasteiger partial charge in [0.25, 0.3) is 0 Å². The molecule has 5 nitrogen and oxygen atoms in total. The molecule has 5 heteroatoms. The maximum Gasteiger partial charge on any atom is 0.238 e. The molecule has 0 unspecified atom stereocenters. The first-order valence-electron chi connectivity index (χ1n) is 4.96. The zero-order valence-corrected chi connectivity index (χ0v) is 8.88. The number of carbonyl (C=O) groups is 1. The zero-order valence-electron chi connectivity index (χ0n) is 8.88. The molecule has 0 bridgehead atoms. The van der Waals surface area contributed by atoms with Crippen molar-refractivity contribution in [2.45, 2.75) is 6.42 Å². The normalized spacial score (nSPS) is 9.59. The Kier molecular flexibility index (Phi) is 3.17. The fraction of sp³-hybridized carbons (Fsp3) is 0.0833. The van der Waals surface area contributed by atoms with Crippen LogP contribution in [0.4, 0.5) is 5.69 Å². The smallest absolute Gasteiger partial charge is 0.238 e. The van der Waals surface area contributed by atoms with Gasteiger partial charge in [-0.1, -0.05) is 0 Å². The molecule has 0 fully saturated rings. The maximum absolute atomic E-state index is 11.2. The minimum Gasteiger partial charge on any atom is -0.445 e. The molecule has 0 saturated carbocycles. The van der Waals surface area contributed by atoms with Crippen molar-refractivity contribution >= 4 is 11.6 Å². The van der Waals surface area contributed by atoms with Crippen molar-refractivity contribution in [3.63, 3.8) is 0 Å². The molecule has 0 spiro atoms. The number of nitriles is 1. The molecule has 0 radical (unpaired) electrons. The second kappa shape index (κ2) is 4.94. The summed E-state index contributed by atoms with van der Waals surface area (Å²) in [6, 6.07) is 8.82. The van der Waals surface area contributed by atoms with E-state index in [1.165, 1.54) is 6.26 Å². The van der Waals surface area contributed by atoms with Gasteiger partial charge < -0.3 is 9.73 Å². The Bertz CT molecular complexity index is 538. The van der Waals surface area contributed by atoms with Gasteiger partial charge in [-0.3, -0.25) is 4.79 Å². The Labute approximate surface area is 97.7 Å². The quantitative estimate of drug-likeness (QED) is 0.871. The van der Waals surface area contributed by atoms with E-state index in [0.717, 1.165) is 5.56 Å². The van der Waals surface area contributed by atoms with E-state index in [-0.39, 0.29) is 12.3 Å². The van der Waals surface area contributed by atoms with Gasteiger partial charge in [0.1, 0.15) is 12.7 Å². The molecule has 1 N–H and O–H groups in total. The number of hydrogen-bond acceptors (Lipinski definition) is 4. The van der Waals surface area contributed by atoms with Crippen LogP contribution in [0.15, 0.2) is 41.1 Å². The monoisotopic (exact) mass is 227 g/mol. The number of anilines is 1. The summed E-state index contributed by atoms with van der Waals surface area (Å²) in [4.78, 5) is 15.2. The molecule has 0 atom stereocenters. The predicted molar refractivity (Wildman–Crippen MR) is 60.8 cm³/mol. The van der Waals surface area contributed by atoms with Crippen LogP contribution in [-0.2, 0) is 4.79 Å². The SMILES string of the molecule is N#CCC(=O)Nc1ccc(-c2ncco2)cc1. The summed E-state index contributed by atoms with van der Waals surface area (Å²) in [7, 11) is 0. The van der Waals surface area contributed by atoms with Crippen molar-refractivity contribution in [3.05, 3.63) is 36.7 Å². The zero-order chi connectivity index (χ0) is 12.1.